The second-order valence-electron chi connectivity index (χ2n) is 5.38. The van der Waals surface area contributed by atoms with Crippen LogP contribution in [-0.4, -0.2) is 25.1 Å². The zero-order valence-corrected chi connectivity index (χ0v) is 11.3. The Labute approximate surface area is 114 Å². The maximum absolute atomic E-state index is 6.31. The monoisotopic (exact) mass is 265 g/mol. The first-order valence-corrected chi connectivity index (χ1v) is 7.35. The van der Waals surface area contributed by atoms with E-state index in [1.165, 1.54) is 18.4 Å². The van der Waals surface area contributed by atoms with E-state index >= 15 is 0 Å². The molecule has 1 aromatic rings. The summed E-state index contributed by atoms with van der Waals surface area (Å²) in [7, 11) is 0. The lowest BCUT2D eigenvalue weighted by Gasteiger charge is -2.26. The van der Waals surface area contributed by atoms with Crippen LogP contribution in [0.3, 0.4) is 0 Å². The maximum Gasteiger partial charge on any atom is 0.122 e. The molecule has 0 spiro atoms. The van der Waals surface area contributed by atoms with Gasteiger partial charge in [-0.1, -0.05) is 18.2 Å². The van der Waals surface area contributed by atoms with E-state index in [1.54, 1.807) is 0 Å². The number of halogens is 1. The summed E-state index contributed by atoms with van der Waals surface area (Å²) in [5.74, 6) is 2.39. The van der Waals surface area contributed by atoms with Gasteiger partial charge in [0, 0.05) is 24.4 Å². The van der Waals surface area contributed by atoms with Crippen molar-refractivity contribution in [2.45, 2.75) is 30.6 Å². The third-order valence-corrected chi connectivity index (χ3v) is 4.46. The second-order valence-corrected chi connectivity index (χ2v) is 5.94. The number of hydrogen-bond donors (Lipinski definition) is 1. The zero-order valence-electron chi connectivity index (χ0n) is 10.6. The van der Waals surface area contributed by atoms with Crippen LogP contribution in [0, 0.1) is 5.92 Å². The van der Waals surface area contributed by atoms with Gasteiger partial charge in [-0.05, 0) is 36.8 Å². The third kappa shape index (κ3) is 2.81. The molecule has 0 bridgehead atoms. The van der Waals surface area contributed by atoms with Crippen LogP contribution in [0.4, 0.5) is 0 Å². The number of benzene rings is 1. The number of hydrogen-bond acceptors (Lipinski definition) is 2. The molecule has 1 N–H and O–H groups in total. The Morgan fingerprint density at radius 3 is 2.94 bits per heavy atom. The van der Waals surface area contributed by atoms with Gasteiger partial charge >= 0.3 is 0 Å². The Morgan fingerprint density at radius 1 is 1.28 bits per heavy atom. The normalized spacial score (nSPS) is 24.2. The summed E-state index contributed by atoms with van der Waals surface area (Å²) in [6.07, 6.45) is 3.73. The third-order valence-electron chi connectivity index (χ3n) is 3.95. The van der Waals surface area contributed by atoms with Crippen molar-refractivity contribution in [2.24, 2.45) is 5.92 Å². The van der Waals surface area contributed by atoms with Gasteiger partial charge in [-0.3, -0.25) is 0 Å². The van der Waals surface area contributed by atoms with Gasteiger partial charge in [-0.2, -0.15) is 0 Å². The summed E-state index contributed by atoms with van der Waals surface area (Å²) in [6.45, 7) is 2.78. The van der Waals surface area contributed by atoms with Crippen LogP contribution >= 0.6 is 11.6 Å². The molecule has 1 saturated carbocycles. The molecular weight excluding hydrogens is 246 g/mol. The van der Waals surface area contributed by atoms with Gasteiger partial charge in [0.05, 0.1) is 6.61 Å². The van der Waals surface area contributed by atoms with Crippen LogP contribution in [0.1, 0.15) is 30.7 Å². The van der Waals surface area contributed by atoms with Crippen molar-refractivity contribution in [3.8, 4) is 5.75 Å². The van der Waals surface area contributed by atoms with E-state index in [-0.39, 0.29) is 0 Å². The molecule has 0 saturated heterocycles. The molecule has 1 aliphatic heterocycles. The van der Waals surface area contributed by atoms with Crippen molar-refractivity contribution >= 4 is 11.6 Å². The molecule has 2 nitrogen and oxygen atoms in total. The standard InChI is InChI=1S/C15H20ClNO/c16-14(11-5-6-11)10-17-9-12-7-8-18-15-4-2-1-3-13(12)15/h1-4,11-12,14,17H,5-10H2. The number of alkyl halides is 1. The fraction of sp³-hybridized carbons (Fsp3) is 0.600. The Kier molecular flexibility index (Phi) is 3.76. The summed E-state index contributed by atoms with van der Waals surface area (Å²) >= 11 is 6.31. The van der Waals surface area contributed by atoms with Gasteiger partial charge < -0.3 is 10.1 Å². The Hall–Kier alpha value is -0.730. The van der Waals surface area contributed by atoms with Crippen LogP contribution < -0.4 is 10.1 Å². The van der Waals surface area contributed by atoms with Crippen LogP contribution in [0.2, 0.25) is 0 Å². The van der Waals surface area contributed by atoms with E-state index in [0.29, 0.717) is 11.3 Å². The molecule has 1 heterocycles. The number of ether oxygens (including phenoxy) is 1. The van der Waals surface area contributed by atoms with E-state index in [9.17, 15) is 0 Å². The predicted octanol–water partition coefficient (Wildman–Crippen LogP) is 3.16. The van der Waals surface area contributed by atoms with Crippen molar-refractivity contribution in [2.75, 3.05) is 19.7 Å². The van der Waals surface area contributed by atoms with Crippen molar-refractivity contribution in [3.63, 3.8) is 0 Å². The zero-order chi connectivity index (χ0) is 12.4. The summed E-state index contributed by atoms with van der Waals surface area (Å²) in [5.41, 5.74) is 1.34. The molecule has 2 atom stereocenters. The van der Waals surface area contributed by atoms with E-state index < -0.39 is 0 Å². The summed E-state index contributed by atoms with van der Waals surface area (Å²) < 4.78 is 5.68. The smallest absolute Gasteiger partial charge is 0.122 e. The van der Waals surface area contributed by atoms with Crippen LogP contribution in [0.5, 0.6) is 5.75 Å². The average Bonchev–Trinajstić information content (AvgIpc) is 3.23. The fourth-order valence-electron chi connectivity index (χ4n) is 2.65. The lowest BCUT2D eigenvalue weighted by Crippen LogP contribution is -2.30. The van der Waals surface area contributed by atoms with Crippen LogP contribution in [0.15, 0.2) is 24.3 Å². The van der Waals surface area contributed by atoms with Crippen LogP contribution in [0.25, 0.3) is 0 Å². The molecule has 3 heteroatoms. The number of rotatable bonds is 5. The highest BCUT2D eigenvalue weighted by molar-refractivity contribution is 6.21. The van der Waals surface area contributed by atoms with E-state index in [0.717, 1.165) is 37.8 Å². The SMILES string of the molecule is ClC(CNCC1CCOc2ccccc21)C1CC1. The van der Waals surface area contributed by atoms with Gasteiger partial charge in [0.25, 0.3) is 0 Å². The first-order valence-electron chi connectivity index (χ1n) is 6.91. The van der Waals surface area contributed by atoms with Crippen molar-refractivity contribution in [1.29, 1.82) is 0 Å². The van der Waals surface area contributed by atoms with Gasteiger partial charge in [-0.25, -0.2) is 0 Å². The Bertz CT molecular complexity index is 405. The lowest BCUT2D eigenvalue weighted by molar-refractivity contribution is 0.264. The van der Waals surface area contributed by atoms with E-state index in [1.807, 2.05) is 6.07 Å². The highest BCUT2D eigenvalue weighted by Crippen LogP contribution is 2.36. The van der Waals surface area contributed by atoms with Crippen molar-refractivity contribution in [3.05, 3.63) is 29.8 Å². The summed E-state index contributed by atoms with van der Waals surface area (Å²) in [5, 5.41) is 3.85. The minimum atomic E-state index is 0.320. The van der Waals surface area contributed by atoms with Gasteiger partial charge in [0.1, 0.15) is 5.75 Å². The maximum atomic E-state index is 6.31. The molecule has 2 unspecified atom stereocenters. The Morgan fingerprint density at radius 2 is 2.11 bits per heavy atom. The summed E-state index contributed by atoms with van der Waals surface area (Å²) in [4.78, 5) is 0. The first-order chi connectivity index (χ1) is 8.84. The second kappa shape index (κ2) is 5.50. The molecule has 1 aromatic carbocycles. The van der Waals surface area contributed by atoms with E-state index in [2.05, 4.69) is 23.5 Å². The average molecular weight is 266 g/mol. The van der Waals surface area contributed by atoms with Crippen molar-refractivity contribution in [1.82, 2.24) is 5.32 Å². The molecule has 98 valence electrons. The van der Waals surface area contributed by atoms with Gasteiger partial charge in [0.2, 0.25) is 0 Å². The van der Waals surface area contributed by atoms with Gasteiger partial charge in [0.15, 0.2) is 0 Å². The highest BCUT2D eigenvalue weighted by atomic mass is 35.5. The lowest BCUT2D eigenvalue weighted by atomic mass is 9.93. The minimum Gasteiger partial charge on any atom is -0.493 e. The molecule has 0 radical (unpaired) electrons. The molecule has 2 aliphatic rings. The number of fused-ring (bicyclic) bond motifs is 1. The van der Waals surface area contributed by atoms with Crippen LogP contribution in [-0.2, 0) is 0 Å². The predicted molar refractivity (Wildman–Crippen MR) is 74.5 cm³/mol. The fourth-order valence-corrected chi connectivity index (χ4v) is 3.01. The minimum absolute atomic E-state index is 0.320. The largest absolute Gasteiger partial charge is 0.493 e. The molecule has 1 fully saturated rings. The van der Waals surface area contributed by atoms with E-state index in [4.69, 9.17) is 16.3 Å². The number of para-hydroxylation sites is 1. The molecule has 18 heavy (non-hydrogen) atoms. The summed E-state index contributed by atoms with van der Waals surface area (Å²) in [6, 6.07) is 8.38. The quantitative estimate of drug-likeness (QED) is 0.826. The Balaban J connectivity index is 1.53. The number of nitrogens with one attached hydrogen (secondary N) is 1. The highest BCUT2D eigenvalue weighted by Gasteiger charge is 2.29. The molecular formula is C15H20ClNO. The van der Waals surface area contributed by atoms with Gasteiger partial charge in [-0.15, -0.1) is 11.6 Å². The topological polar surface area (TPSA) is 21.3 Å². The van der Waals surface area contributed by atoms with Crippen molar-refractivity contribution < 1.29 is 4.74 Å². The first kappa shape index (κ1) is 12.3. The molecule has 1 aliphatic carbocycles. The molecule has 0 aromatic heterocycles. The molecule has 3 rings (SSSR count). The molecule has 0 amide bonds.